The molecule has 0 saturated heterocycles. The third-order valence-electron chi connectivity index (χ3n) is 8.92. The summed E-state index contributed by atoms with van der Waals surface area (Å²) < 4.78 is 11.0. The van der Waals surface area contributed by atoms with E-state index in [2.05, 4.69) is 12.3 Å². The van der Waals surface area contributed by atoms with E-state index in [1.54, 1.807) is 14.2 Å². The Labute approximate surface area is 218 Å². The van der Waals surface area contributed by atoms with Gasteiger partial charge >= 0.3 is 0 Å². The number of methoxy groups -OCH3 is 2. The van der Waals surface area contributed by atoms with Crippen molar-refractivity contribution in [3.05, 3.63) is 54.1 Å². The van der Waals surface area contributed by atoms with Crippen LogP contribution in [0.3, 0.4) is 0 Å². The summed E-state index contributed by atoms with van der Waals surface area (Å²) in [4.78, 5) is 18.5. The van der Waals surface area contributed by atoms with Crippen molar-refractivity contribution in [3.63, 3.8) is 0 Å². The molecule has 6 nitrogen and oxygen atoms in total. The van der Waals surface area contributed by atoms with Gasteiger partial charge in [0.1, 0.15) is 11.5 Å². The van der Waals surface area contributed by atoms with Crippen molar-refractivity contribution in [2.75, 3.05) is 14.2 Å². The van der Waals surface area contributed by atoms with E-state index in [0.717, 1.165) is 40.6 Å². The lowest BCUT2D eigenvalue weighted by molar-refractivity contribution is -0.0134. The Morgan fingerprint density at radius 2 is 1.70 bits per heavy atom. The zero-order valence-corrected chi connectivity index (χ0v) is 21.9. The molecule has 1 heterocycles. The molecular formula is C31H35N3O3. The quantitative estimate of drug-likeness (QED) is 0.294. The van der Waals surface area contributed by atoms with Crippen molar-refractivity contribution >= 4 is 22.5 Å². The monoisotopic (exact) mass is 497 g/mol. The standard InChI is InChI=1S/C31H35N3O3/c1-4-29(31-16-19-11-20(17-31)13-21(12-19)18-31)33-34-30(35)25-15-27(32-26-8-6-5-7-23(25)26)24-10-9-22(36-2)14-28(24)37-3/h5-10,14-15,19-21H,4,11-13,16-18H2,1-3H3,(H,34,35)/b33-29-. The fourth-order valence-electron chi connectivity index (χ4n) is 7.73. The van der Waals surface area contributed by atoms with E-state index >= 15 is 0 Å². The number of hydrogen-bond acceptors (Lipinski definition) is 5. The smallest absolute Gasteiger partial charge is 0.272 e. The molecule has 2 aromatic carbocycles. The van der Waals surface area contributed by atoms with Crippen LogP contribution in [-0.4, -0.2) is 30.8 Å². The minimum Gasteiger partial charge on any atom is -0.497 e. The molecule has 4 aliphatic rings. The highest BCUT2D eigenvalue weighted by molar-refractivity contribution is 6.07. The summed E-state index contributed by atoms with van der Waals surface area (Å²) in [7, 11) is 3.25. The number of carbonyl (C=O) groups is 1. The summed E-state index contributed by atoms with van der Waals surface area (Å²) in [5.41, 5.74) is 7.10. The number of amides is 1. The van der Waals surface area contributed by atoms with Crippen LogP contribution in [0.2, 0.25) is 0 Å². The number of rotatable bonds is 7. The van der Waals surface area contributed by atoms with E-state index in [1.165, 1.54) is 44.2 Å². The Morgan fingerprint density at radius 3 is 2.35 bits per heavy atom. The summed E-state index contributed by atoms with van der Waals surface area (Å²) in [5, 5.41) is 5.63. The molecule has 0 unspecified atom stereocenters. The van der Waals surface area contributed by atoms with Gasteiger partial charge < -0.3 is 9.47 Å². The van der Waals surface area contributed by atoms with E-state index in [4.69, 9.17) is 19.6 Å². The summed E-state index contributed by atoms with van der Waals surface area (Å²) >= 11 is 0. The molecule has 4 fully saturated rings. The number of pyridine rings is 1. The lowest BCUT2D eigenvalue weighted by Crippen LogP contribution is -2.50. The van der Waals surface area contributed by atoms with E-state index in [0.29, 0.717) is 22.8 Å². The summed E-state index contributed by atoms with van der Waals surface area (Å²) in [5.74, 6) is 3.65. The van der Waals surface area contributed by atoms with Crippen LogP contribution >= 0.6 is 0 Å². The topological polar surface area (TPSA) is 72.8 Å². The number of hydrazone groups is 1. The molecule has 0 atom stereocenters. The molecule has 0 aliphatic heterocycles. The van der Waals surface area contributed by atoms with Crippen LogP contribution in [0.15, 0.2) is 53.6 Å². The first-order chi connectivity index (χ1) is 18.0. The van der Waals surface area contributed by atoms with Crippen molar-refractivity contribution in [2.24, 2.45) is 28.3 Å². The highest BCUT2D eigenvalue weighted by Crippen LogP contribution is 2.60. The number of carbonyl (C=O) groups excluding carboxylic acids is 1. The second-order valence-corrected chi connectivity index (χ2v) is 11.2. The number of benzene rings is 2. The summed E-state index contributed by atoms with van der Waals surface area (Å²) in [6.07, 6.45) is 8.76. The zero-order chi connectivity index (χ0) is 25.6. The second kappa shape index (κ2) is 9.47. The third-order valence-corrected chi connectivity index (χ3v) is 8.92. The van der Waals surface area contributed by atoms with Gasteiger partial charge in [-0.25, -0.2) is 10.4 Å². The van der Waals surface area contributed by atoms with Crippen LogP contribution in [0.25, 0.3) is 22.2 Å². The first kappa shape index (κ1) is 24.0. The number of hydrogen-bond donors (Lipinski definition) is 1. The number of nitrogens with zero attached hydrogens (tertiary/aromatic N) is 2. The Balaban J connectivity index is 1.35. The largest absolute Gasteiger partial charge is 0.497 e. The highest BCUT2D eigenvalue weighted by atomic mass is 16.5. The van der Waals surface area contributed by atoms with Gasteiger partial charge in [-0.2, -0.15) is 5.10 Å². The molecule has 7 rings (SSSR count). The third kappa shape index (κ3) is 4.26. The van der Waals surface area contributed by atoms with Crippen molar-refractivity contribution in [1.29, 1.82) is 0 Å². The van der Waals surface area contributed by atoms with Gasteiger partial charge in [0.15, 0.2) is 0 Å². The van der Waals surface area contributed by atoms with E-state index < -0.39 is 0 Å². The number of aromatic nitrogens is 1. The molecule has 4 saturated carbocycles. The maximum atomic E-state index is 13.6. The fraction of sp³-hybridized carbons (Fsp3) is 0.452. The fourth-order valence-corrected chi connectivity index (χ4v) is 7.73. The lowest BCUT2D eigenvalue weighted by Gasteiger charge is -2.57. The van der Waals surface area contributed by atoms with Crippen LogP contribution in [0.1, 0.15) is 62.2 Å². The molecule has 1 aromatic heterocycles. The molecule has 4 aliphatic carbocycles. The maximum absolute atomic E-state index is 13.6. The average molecular weight is 498 g/mol. The molecule has 1 N–H and O–H groups in total. The van der Waals surface area contributed by atoms with Crippen LogP contribution in [0.4, 0.5) is 0 Å². The molecule has 1 amide bonds. The van der Waals surface area contributed by atoms with Gasteiger partial charge in [0.05, 0.1) is 31.0 Å². The van der Waals surface area contributed by atoms with Gasteiger partial charge in [-0.3, -0.25) is 4.79 Å². The zero-order valence-electron chi connectivity index (χ0n) is 21.9. The second-order valence-electron chi connectivity index (χ2n) is 11.2. The first-order valence-electron chi connectivity index (χ1n) is 13.5. The average Bonchev–Trinajstić information content (AvgIpc) is 2.91. The van der Waals surface area contributed by atoms with Crippen LogP contribution in [0.5, 0.6) is 11.5 Å². The van der Waals surface area contributed by atoms with Gasteiger partial charge in [0.25, 0.3) is 5.91 Å². The van der Waals surface area contributed by atoms with Gasteiger partial charge in [-0.1, -0.05) is 25.1 Å². The molecule has 0 radical (unpaired) electrons. The molecule has 0 spiro atoms. The van der Waals surface area contributed by atoms with Gasteiger partial charge in [0.2, 0.25) is 0 Å². The normalized spacial score (nSPS) is 26.4. The minimum atomic E-state index is -0.206. The van der Waals surface area contributed by atoms with Crippen LogP contribution in [-0.2, 0) is 0 Å². The molecule has 3 aromatic rings. The molecule has 4 bridgehead atoms. The SMILES string of the molecule is CC/C(=N/NC(=O)c1cc(-c2ccc(OC)cc2OC)nc2ccccc12)C12CC3CC(CC(C3)C1)C2. The lowest BCUT2D eigenvalue weighted by atomic mass is 9.48. The van der Waals surface area contributed by atoms with Crippen LogP contribution < -0.4 is 14.9 Å². The van der Waals surface area contributed by atoms with Crippen molar-refractivity contribution in [3.8, 4) is 22.8 Å². The Bertz CT molecular complexity index is 1340. The Kier molecular flexibility index (Phi) is 6.13. The van der Waals surface area contributed by atoms with Gasteiger partial charge in [0, 0.05) is 28.1 Å². The summed E-state index contributed by atoms with van der Waals surface area (Å²) in [6, 6.07) is 15.2. The number of ether oxygens (including phenoxy) is 2. The highest BCUT2D eigenvalue weighted by Gasteiger charge is 2.52. The number of nitrogens with one attached hydrogen (secondary N) is 1. The summed E-state index contributed by atoms with van der Waals surface area (Å²) in [6.45, 7) is 2.18. The predicted octanol–water partition coefficient (Wildman–Crippen LogP) is 6.63. The van der Waals surface area contributed by atoms with Gasteiger partial charge in [-0.15, -0.1) is 0 Å². The maximum Gasteiger partial charge on any atom is 0.272 e. The molecular weight excluding hydrogens is 462 g/mol. The van der Waals surface area contributed by atoms with E-state index in [9.17, 15) is 4.79 Å². The predicted molar refractivity (Wildman–Crippen MR) is 146 cm³/mol. The molecule has 37 heavy (non-hydrogen) atoms. The Hall–Kier alpha value is -3.41. The minimum absolute atomic E-state index is 0.179. The van der Waals surface area contributed by atoms with Gasteiger partial charge in [-0.05, 0) is 87.0 Å². The molecule has 192 valence electrons. The molecule has 6 heteroatoms. The first-order valence-corrected chi connectivity index (χ1v) is 13.5. The number of para-hydroxylation sites is 1. The van der Waals surface area contributed by atoms with E-state index in [-0.39, 0.29) is 11.3 Å². The number of fused-ring (bicyclic) bond motifs is 1. The van der Waals surface area contributed by atoms with E-state index in [1.807, 2.05) is 48.5 Å². The van der Waals surface area contributed by atoms with Crippen molar-refractivity contribution in [1.82, 2.24) is 10.4 Å². The van der Waals surface area contributed by atoms with Crippen LogP contribution in [0, 0.1) is 23.2 Å². The van der Waals surface area contributed by atoms with Crippen molar-refractivity contribution in [2.45, 2.75) is 51.9 Å². The Morgan fingerprint density at radius 1 is 1.00 bits per heavy atom. The van der Waals surface area contributed by atoms with Crippen molar-refractivity contribution < 1.29 is 14.3 Å².